The SMILES string of the molecule is COc1cc(OC)cc(O[C@@H]2C(=O)N3CC(=O)N(C)c4ccc(Cl)cc4[C@]23c2ccccc2)c1. The molecule has 5 rings (SSSR count). The largest absolute Gasteiger partial charge is 0.496 e. The first kappa shape index (κ1) is 22.1. The Labute approximate surface area is 202 Å². The average molecular weight is 479 g/mol. The molecule has 0 aliphatic carbocycles. The van der Waals surface area contributed by atoms with Crippen LogP contribution in [0.2, 0.25) is 5.02 Å². The van der Waals surface area contributed by atoms with Crippen LogP contribution in [0, 0.1) is 0 Å². The van der Waals surface area contributed by atoms with Crippen molar-refractivity contribution in [2.75, 3.05) is 32.7 Å². The normalized spacial score (nSPS) is 21.2. The van der Waals surface area contributed by atoms with Gasteiger partial charge in [0.2, 0.25) is 12.0 Å². The molecule has 0 bridgehead atoms. The number of β-lactam (4-membered cyclic amide) rings is 1. The number of ether oxygens (including phenoxy) is 3. The van der Waals surface area contributed by atoms with Crippen LogP contribution in [0.5, 0.6) is 17.2 Å². The lowest BCUT2D eigenvalue weighted by Crippen LogP contribution is -2.74. The van der Waals surface area contributed by atoms with Crippen molar-refractivity contribution in [3.05, 3.63) is 82.9 Å². The number of anilines is 1. The van der Waals surface area contributed by atoms with Crippen molar-refractivity contribution >= 4 is 29.1 Å². The second-order valence-electron chi connectivity index (χ2n) is 8.22. The maximum Gasteiger partial charge on any atom is 0.268 e. The lowest BCUT2D eigenvalue weighted by Gasteiger charge is -2.56. The van der Waals surface area contributed by atoms with Gasteiger partial charge < -0.3 is 24.0 Å². The van der Waals surface area contributed by atoms with E-state index >= 15 is 0 Å². The molecule has 0 saturated carbocycles. The first-order chi connectivity index (χ1) is 16.4. The van der Waals surface area contributed by atoms with Crippen molar-refractivity contribution < 1.29 is 23.8 Å². The minimum atomic E-state index is -1.06. The molecule has 2 atom stereocenters. The van der Waals surface area contributed by atoms with Gasteiger partial charge in [0, 0.05) is 41.5 Å². The molecule has 2 aliphatic rings. The van der Waals surface area contributed by atoms with Gasteiger partial charge in [-0.2, -0.15) is 0 Å². The van der Waals surface area contributed by atoms with Gasteiger partial charge in [-0.05, 0) is 23.8 Å². The quantitative estimate of drug-likeness (QED) is 0.521. The summed E-state index contributed by atoms with van der Waals surface area (Å²) in [5, 5.41) is 0.498. The number of nitrogens with zero attached hydrogens (tertiary/aromatic N) is 2. The molecular formula is C26H23ClN2O5. The number of amides is 2. The fraction of sp³-hybridized carbons (Fsp3) is 0.231. The third-order valence-electron chi connectivity index (χ3n) is 6.49. The molecule has 174 valence electrons. The molecule has 2 heterocycles. The summed E-state index contributed by atoms with van der Waals surface area (Å²) in [4.78, 5) is 29.7. The van der Waals surface area contributed by atoms with E-state index in [1.54, 1.807) is 67.5 Å². The maximum atomic E-state index is 13.5. The summed E-state index contributed by atoms with van der Waals surface area (Å²) >= 11 is 6.44. The molecule has 2 aliphatic heterocycles. The van der Waals surface area contributed by atoms with Crippen LogP contribution in [0.4, 0.5) is 5.69 Å². The highest BCUT2D eigenvalue weighted by molar-refractivity contribution is 6.30. The number of halogens is 1. The zero-order valence-electron chi connectivity index (χ0n) is 18.9. The molecule has 3 aromatic carbocycles. The Hall–Kier alpha value is -3.71. The highest BCUT2D eigenvalue weighted by atomic mass is 35.5. The Balaban J connectivity index is 1.73. The Morgan fingerprint density at radius 2 is 1.56 bits per heavy atom. The minimum Gasteiger partial charge on any atom is -0.496 e. The summed E-state index contributed by atoms with van der Waals surface area (Å²) in [6.07, 6.45) is -0.941. The van der Waals surface area contributed by atoms with Crippen LogP contribution in [0.3, 0.4) is 0 Å². The second-order valence-corrected chi connectivity index (χ2v) is 8.65. The minimum absolute atomic E-state index is 0.0855. The first-order valence-electron chi connectivity index (χ1n) is 10.7. The predicted molar refractivity (Wildman–Crippen MR) is 128 cm³/mol. The molecule has 1 fully saturated rings. The van der Waals surface area contributed by atoms with Crippen molar-refractivity contribution in [1.82, 2.24) is 4.90 Å². The molecule has 8 heteroatoms. The second kappa shape index (κ2) is 8.25. The maximum absolute atomic E-state index is 13.5. The van der Waals surface area contributed by atoms with Gasteiger partial charge in [-0.1, -0.05) is 41.9 Å². The molecule has 34 heavy (non-hydrogen) atoms. The van der Waals surface area contributed by atoms with Crippen LogP contribution in [-0.4, -0.2) is 50.6 Å². The van der Waals surface area contributed by atoms with E-state index in [9.17, 15) is 9.59 Å². The Morgan fingerprint density at radius 3 is 2.21 bits per heavy atom. The number of benzene rings is 3. The lowest BCUT2D eigenvalue weighted by molar-refractivity contribution is -0.177. The topological polar surface area (TPSA) is 68.3 Å². The van der Waals surface area contributed by atoms with Gasteiger partial charge in [-0.25, -0.2) is 0 Å². The Kier molecular flexibility index (Phi) is 5.37. The number of rotatable bonds is 5. The molecule has 0 spiro atoms. The number of hydrogen-bond acceptors (Lipinski definition) is 5. The van der Waals surface area contributed by atoms with E-state index < -0.39 is 11.6 Å². The van der Waals surface area contributed by atoms with E-state index in [0.717, 1.165) is 11.1 Å². The first-order valence-corrected chi connectivity index (χ1v) is 11.1. The summed E-state index contributed by atoms with van der Waals surface area (Å²) in [7, 11) is 4.80. The molecule has 3 aromatic rings. The van der Waals surface area contributed by atoms with Crippen molar-refractivity contribution in [2.24, 2.45) is 0 Å². The molecule has 7 nitrogen and oxygen atoms in total. The fourth-order valence-electron chi connectivity index (χ4n) is 4.82. The van der Waals surface area contributed by atoms with Gasteiger partial charge in [0.15, 0.2) is 0 Å². The Bertz CT molecular complexity index is 1260. The summed E-state index contributed by atoms with van der Waals surface area (Å²) in [6.45, 7) is -0.0855. The highest BCUT2D eigenvalue weighted by Gasteiger charge is 2.66. The Morgan fingerprint density at radius 1 is 0.912 bits per heavy atom. The summed E-state index contributed by atoms with van der Waals surface area (Å²) in [5.74, 6) is 0.991. The zero-order valence-corrected chi connectivity index (χ0v) is 19.7. The van der Waals surface area contributed by atoms with E-state index in [4.69, 9.17) is 25.8 Å². The third-order valence-corrected chi connectivity index (χ3v) is 6.72. The van der Waals surface area contributed by atoms with Crippen molar-refractivity contribution in [2.45, 2.75) is 11.6 Å². The van der Waals surface area contributed by atoms with E-state index in [-0.39, 0.29) is 18.4 Å². The monoisotopic (exact) mass is 478 g/mol. The fourth-order valence-corrected chi connectivity index (χ4v) is 4.99. The number of carbonyl (C=O) groups is 2. The van der Waals surface area contributed by atoms with Gasteiger partial charge in [0.1, 0.15) is 29.3 Å². The van der Waals surface area contributed by atoms with Crippen LogP contribution in [-0.2, 0) is 15.1 Å². The molecule has 0 aromatic heterocycles. The zero-order chi connectivity index (χ0) is 24.0. The summed E-state index contributed by atoms with van der Waals surface area (Å²) in [6, 6.07) is 20.0. The number of methoxy groups -OCH3 is 2. The highest BCUT2D eigenvalue weighted by Crippen LogP contribution is 2.53. The van der Waals surface area contributed by atoms with Crippen molar-refractivity contribution in [3.8, 4) is 17.2 Å². The number of carbonyl (C=O) groups excluding carboxylic acids is 2. The standard InChI is InChI=1S/C26H23ClN2O5/c1-28-22-10-9-17(27)11-21(22)26(16-7-5-4-6-8-16)24(25(31)29(26)15-23(28)30)34-20-13-18(32-2)12-19(14-20)33-3/h4-14,24H,15H2,1-3H3/t24-,26-/m1/s1. The molecule has 0 radical (unpaired) electrons. The van der Waals surface area contributed by atoms with Crippen LogP contribution in [0.25, 0.3) is 0 Å². The number of likely N-dealkylation sites (N-methyl/N-ethyl adjacent to an activating group) is 1. The van der Waals surface area contributed by atoms with Gasteiger partial charge in [0.25, 0.3) is 5.91 Å². The molecule has 2 amide bonds. The van der Waals surface area contributed by atoms with E-state index in [1.807, 2.05) is 30.3 Å². The summed E-state index contributed by atoms with van der Waals surface area (Å²) in [5.41, 5.74) is 1.15. The van der Waals surface area contributed by atoms with E-state index in [0.29, 0.717) is 28.0 Å². The van der Waals surface area contributed by atoms with Crippen LogP contribution in [0.15, 0.2) is 66.7 Å². The van der Waals surface area contributed by atoms with E-state index in [1.165, 1.54) is 0 Å². The smallest absolute Gasteiger partial charge is 0.268 e. The average Bonchev–Trinajstić information content (AvgIpc) is 2.94. The number of fused-ring (bicyclic) bond motifs is 3. The van der Waals surface area contributed by atoms with Crippen molar-refractivity contribution in [3.63, 3.8) is 0 Å². The van der Waals surface area contributed by atoms with E-state index in [2.05, 4.69) is 0 Å². The molecule has 0 unspecified atom stereocenters. The van der Waals surface area contributed by atoms with Gasteiger partial charge in [-0.15, -0.1) is 0 Å². The van der Waals surface area contributed by atoms with Gasteiger partial charge >= 0.3 is 0 Å². The van der Waals surface area contributed by atoms with Gasteiger partial charge in [-0.3, -0.25) is 9.59 Å². The van der Waals surface area contributed by atoms with Crippen LogP contribution >= 0.6 is 11.6 Å². The molecule has 1 saturated heterocycles. The van der Waals surface area contributed by atoms with Crippen LogP contribution in [0.1, 0.15) is 11.1 Å². The summed E-state index contributed by atoms with van der Waals surface area (Å²) < 4.78 is 17.1. The van der Waals surface area contributed by atoms with Crippen molar-refractivity contribution in [1.29, 1.82) is 0 Å². The predicted octanol–water partition coefficient (Wildman–Crippen LogP) is 3.87. The number of hydrogen-bond donors (Lipinski definition) is 0. The lowest BCUT2D eigenvalue weighted by atomic mass is 9.69. The molecule has 0 N–H and O–H groups in total. The third kappa shape index (κ3) is 3.19. The molecular weight excluding hydrogens is 456 g/mol. The van der Waals surface area contributed by atoms with Crippen LogP contribution < -0.4 is 19.1 Å². The van der Waals surface area contributed by atoms with Gasteiger partial charge in [0.05, 0.1) is 14.2 Å².